The highest BCUT2D eigenvalue weighted by Gasteiger charge is 2.20. The Kier molecular flexibility index (Phi) is 5.68. The molecule has 27 heavy (non-hydrogen) atoms. The summed E-state index contributed by atoms with van der Waals surface area (Å²) in [6, 6.07) is 13.8. The Hall–Kier alpha value is -3.39. The van der Waals surface area contributed by atoms with Gasteiger partial charge in [-0.2, -0.15) is 0 Å². The lowest BCUT2D eigenvalue weighted by atomic mass is 10.1. The molecule has 8 heteroatoms. The summed E-state index contributed by atoms with van der Waals surface area (Å²) in [5.41, 5.74) is 15.2. The normalized spacial score (nSPS) is 10.4. The summed E-state index contributed by atoms with van der Waals surface area (Å²) in [5, 5.41) is 0. The van der Waals surface area contributed by atoms with Crippen molar-refractivity contribution in [1.82, 2.24) is 4.98 Å². The number of carbonyl (C=O) groups is 2. The van der Waals surface area contributed by atoms with Crippen LogP contribution in [0.3, 0.4) is 0 Å². The average Bonchev–Trinajstić information content (AvgIpc) is 3.19. The van der Waals surface area contributed by atoms with E-state index in [-0.39, 0.29) is 13.2 Å². The van der Waals surface area contributed by atoms with Crippen molar-refractivity contribution < 1.29 is 14.3 Å². The van der Waals surface area contributed by atoms with Crippen LogP contribution in [-0.2, 0) is 17.9 Å². The fraction of sp³-hybridized carbons (Fsp3) is 0.105. The number of nitrogens with zero attached hydrogens (tertiary/aromatic N) is 2. The van der Waals surface area contributed by atoms with Gasteiger partial charge in [0.15, 0.2) is 0 Å². The van der Waals surface area contributed by atoms with Crippen LogP contribution in [0.4, 0.5) is 16.2 Å². The van der Waals surface area contributed by atoms with E-state index in [1.807, 2.05) is 0 Å². The molecule has 2 amide bonds. The predicted octanol–water partition coefficient (Wildman–Crippen LogP) is 3.17. The predicted molar refractivity (Wildman–Crippen MR) is 104 cm³/mol. The largest absolute Gasteiger partial charge is 0.443 e. The van der Waals surface area contributed by atoms with Gasteiger partial charge in [-0.3, -0.25) is 14.7 Å². The number of aromatic nitrogens is 1. The van der Waals surface area contributed by atoms with E-state index in [0.29, 0.717) is 16.9 Å². The number of thiazole rings is 1. The number of amides is 2. The summed E-state index contributed by atoms with van der Waals surface area (Å²) >= 11 is 1.41. The van der Waals surface area contributed by atoms with Gasteiger partial charge < -0.3 is 16.2 Å². The lowest BCUT2D eigenvalue weighted by Gasteiger charge is -2.23. The number of nitrogen functional groups attached to an aromatic ring is 1. The van der Waals surface area contributed by atoms with E-state index in [9.17, 15) is 9.59 Å². The molecule has 1 heterocycles. The number of ether oxygens (including phenoxy) is 1. The highest BCUT2D eigenvalue weighted by atomic mass is 32.1. The van der Waals surface area contributed by atoms with Crippen LogP contribution >= 0.6 is 11.3 Å². The third-order valence-electron chi connectivity index (χ3n) is 3.85. The number of hydrogen-bond acceptors (Lipinski definition) is 6. The Morgan fingerprint density at radius 1 is 1.11 bits per heavy atom. The lowest BCUT2D eigenvalue weighted by molar-refractivity contribution is 0.1000. The minimum absolute atomic E-state index is 0.132. The Labute approximate surface area is 160 Å². The maximum absolute atomic E-state index is 12.7. The van der Waals surface area contributed by atoms with Crippen molar-refractivity contribution in [2.75, 3.05) is 10.6 Å². The van der Waals surface area contributed by atoms with Crippen molar-refractivity contribution in [3.05, 3.63) is 76.2 Å². The van der Waals surface area contributed by atoms with Crippen molar-refractivity contribution >= 4 is 34.7 Å². The monoisotopic (exact) mass is 382 g/mol. The van der Waals surface area contributed by atoms with E-state index in [4.69, 9.17) is 16.2 Å². The molecule has 3 aromatic rings. The van der Waals surface area contributed by atoms with Gasteiger partial charge in [-0.1, -0.05) is 24.3 Å². The van der Waals surface area contributed by atoms with Crippen LogP contribution in [0.15, 0.2) is 60.2 Å². The van der Waals surface area contributed by atoms with E-state index in [2.05, 4.69) is 4.98 Å². The second kappa shape index (κ2) is 8.33. The van der Waals surface area contributed by atoms with Gasteiger partial charge in [0, 0.05) is 11.8 Å². The van der Waals surface area contributed by atoms with Crippen LogP contribution < -0.4 is 16.4 Å². The van der Waals surface area contributed by atoms with E-state index in [1.165, 1.54) is 16.2 Å². The SMILES string of the molecule is NC(=O)c1ccc(CN(C(=O)OCc2cncs2)c2ccccc2N)cc1. The van der Waals surface area contributed by atoms with Crippen LogP contribution in [-0.4, -0.2) is 17.0 Å². The number of para-hydroxylation sites is 2. The van der Waals surface area contributed by atoms with Crippen molar-refractivity contribution in [3.63, 3.8) is 0 Å². The molecule has 0 saturated carbocycles. The summed E-state index contributed by atoms with van der Waals surface area (Å²) in [4.78, 5) is 30.2. The molecule has 0 unspecified atom stereocenters. The molecule has 0 fully saturated rings. The molecule has 0 aliphatic carbocycles. The van der Waals surface area contributed by atoms with Gasteiger partial charge in [0.1, 0.15) is 6.61 Å². The summed E-state index contributed by atoms with van der Waals surface area (Å²) in [7, 11) is 0. The number of nitrogens with two attached hydrogens (primary N) is 2. The average molecular weight is 382 g/mol. The fourth-order valence-corrected chi connectivity index (χ4v) is 2.97. The van der Waals surface area contributed by atoms with Crippen LogP contribution in [0.1, 0.15) is 20.8 Å². The van der Waals surface area contributed by atoms with Crippen LogP contribution in [0.5, 0.6) is 0 Å². The topological polar surface area (TPSA) is 112 Å². The number of anilines is 2. The van der Waals surface area contributed by atoms with Crippen LogP contribution in [0.2, 0.25) is 0 Å². The fourth-order valence-electron chi connectivity index (χ4n) is 2.46. The van der Waals surface area contributed by atoms with Crippen molar-refractivity contribution in [2.45, 2.75) is 13.2 Å². The van der Waals surface area contributed by atoms with Crippen LogP contribution in [0, 0.1) is 0 Å². The van der Waals surface area contributed by atoms with Crippen molar-refractivity contribution in [3.8, 4) is 0 Å². The zero-order valence-corrected chi connectivity index (χ0v) is 15.2. The smallest absolute Gasteiger partial charge is 0.415 e. The molecule has 0 radical (unpaired) electrons. The molecule has 0 aliphatic rings. The maximum Gasteiger partial charge on any atom is 0.415 e. The number of benzene rings is 2. The summed E-state index contributed by atoms with van der Waals surface area (Å²) in [6.07, 6.45) is 1.13. The van der Waals surface area contributed by atoms with E-state index >= 15 is 0 Å². The first-order valence-corrected chi connectivity index (χ1v) is 8.97. The van der Waals surface area contributed by atoms with Gasteiger partial charge >= 0.3 is 6.09 Å². The standard InChI is InChI=1S/C19H18N4O3S/c20-16-3-1-2-4-17(16)23(19(25)26-11-15-9-22-12-27-15)10-13-5-7-14(8-6-13)18(21)24/h1-9,12H,10-11,20H2,(H2,21,24). The minimum atomic E-state index is -0.528. The third kappa shape index (κ3) is 4.62. The Balaban J connectivity index is 1.82. The number of carbonyl (C=O) groups excluding carboxylic acids is 2. The quantitative estimate of drug-likeness (QED) is 0.636. The number of primary amides is 1. The van der Waals surface area contributed by atoms with Crippen molar-refractivity contribution in [2.24, 2.45) is 5.73 Å². The molecule has 0 saturated heterocycles. The van der Waals surface area contributed by atoms with Gasteiger partial charge in [0.2, 0.25) is 5.91 Å². The van der Waals surface area contributed by atoms with Gasteiger partial charge in [-0.05, 0) is 29.8 Å². The van der Waals surface area contributed by atoms with Gasteiger partial charge in [0.25, 0.3) is 0 Å². The van der Waals surface area contributed by atoms with Crippen LogP contribution in [0.25, 0.3) is 0 Å². The first-order chi connectivity index (χ1) is 13.0. The van der Waals surface area contributed by atoms with Crippen molar-refractivity contribution in [1.29, 1.82) is 0 Å². The molecule has 7 nitrogen and oxygen atoms in total. The first-order valence-electron chi connectivity index (χ1n) is 8.09. The number of rotatable bonds is 6. The minimum Gasteiger partial charge on any atom is -0.443 e. The summed E-state index contributed by atoms with van der Waals surface area (Å²) in [5.74, 6) is -0.505. The zero-order chi connectivity index (χ0) is 19.2. The molecular formula is C19H18N4O3S. The summed E-state index contributed by atoms with van der Waals surface area (Å²) < 4.78 is 5.42. The molecule has 1 aromatic heterocycles. The van der Waals surface area contributed by atoms with E-state index < -0.39 is 12.0 Å². The summed E-state index contributed by atoms with van der Waals surface area (Å²) in [6.45, 7) is 0.363. The molecule has 0 bridgehead atoms. The van der Waals surface area contributed by atoms with E-state index in [1.54, 1.807) is 60.2 Å². The zero-order valence-electron chi connectivity index (χ0n) is 14.4. The van der Waals surface area contributed by atoms with Gasteiger partial charge in [0.05, 0.1) is 28.3 Å². The van der Waals surface area contributed by atoms with Gasteiger partial charge in [-0.25, -0.2) is 4.79 Å². The molecule has 0 spiro atoms. The highest BCUT2D eigenvalue weighted by Crippen LogP contribution is 2.25. The molecule has 0 atom stereocenters. The molecule has 4 N–H and O–H groups in total. The molecule has 0 aliphatic heterocycles. The molecular weight excluding hydrogens is 364 g/mol. The van der Waals surface area contributed by atoms with E-state index in [0.717, 1.165) is 10.4 Å². The molecule has 2 aromatic carbocycles. The molecule has 3 rings (SSSR count). The Morgan fingerprint density at radius 3 is 2.48 bits per heavy atom. The highest BCUT2D eigenvalue weighted by molar-refractivity contribution is 7.09. The van der Waals surface area contributed by atoms with Gasteiger partial charge in [-0.15, -0.1) is 11.3 Å². The maximum atomic E-state index is 12.7. The third-order valence-corrected chi connectivity index (χ3v) is 4.60. The second-order valence-corrected chi connectivity index (χ2v) is 6.70. The Bertz CT molecular complexity index is 926. The lowest BCUT2D eigenvalue weighted by Crippen LogP contribution is -2.31. The Morgan fingerprint density at radius 2 is 1.85 bits per heavy atom. The molecule has 138 valence electrons. The first kappa shape index (κ1) is 18.4. The second-order valence-electron chi connectivity index (χ2n) is 5.73. The number of hydrogen-bond donors (Lipinski definition) is 2.